The minimum absolute atomic E-state index is 0.0837. The third-order valence-electron chi connectivity index (χ3n) is 5.00. The van der Waals surface area contributed by atoms with Crippen LogP contribution < -0.4 is 15.9 Å². The molecule has 0 aliphatic rings. The summed E-state index contributed by atoms with van der Waals surface area (Å²) in [7, 11) is 6.16. The first-order chi connectivity index (χ1) is 16.5. The van der Waals surface area contributed by atoms with Gasteiger partial charge in [-0.3, -0.25) is 14.8 Å². The van der Waals surface area contributed by atoms with E-state index in [1.165, 1.54) is 10.6 Å². The first-order valence-corrected chi connectivity index (χ1v) is 10.5. The summed E-state index contributed by atoms with van der Waals surface area (Å²) in [6, 6.07) is 7.62. The van der Waals surface area contributed by atoms with Crippen molar-refractivity contribution in [3.63, 3.8) is 0 Å². The number of hydrogen-bond donors (Lipinski definition) is 2. The van der Waals surface area contributed by atoms with Crippen LogP contribution >= 0.6 is 0 Å². The van der Waals surface area contributed by atoms with E-state index in [2.05, 4.69) is 20.1 Å². The van der Waals surface area contributed by atoms with Gasteiger partial charge in [-0.1, -0.05) is 25.1 Å². The minimum Gasteiger partial charge on any atom is -0.481 e. The van der Waals surface area contributed by atoms with Gasteiger partial charge in [0.15, 0.2) is 5.65 Å². The molecule has 0 bridgehead atoms. The highest BCUT2D eigenvalue weighted by Gasteiger charge is 2.17. The van der Waals surface area contributed by atoms with Crippen molar-refractivity contribution in [3.8, 4) is 28.3 Å². The molecular weight excluding hydrogens is 431 g/mol. The van der Waals surface area contributed by atoms with E-state index in [0.29, 0.717) is 23.4 Å². The third-order valence-corrected chi connectivity index (χ3v) is 5.00. The van der Waals surface area contributed by atoms with Crippen LogP contribution in [-0.4, -0.2) is 43.5 Å². The molecule has 0 saturated heterocycles. The smallest absolute Gasteiger partial charge is 0.307 e. The Morgan fingerprint density at radius 1 is 1.24 bits per heavy atom. The molecular formula is C24H21BN6O3. The number of aliphatic carboxylic acids is 1. The van der Waals surface area contributed by atoms with Crippen LogP contribution in [0, 0.1) is 0 Å². The number of allylic oxidation sites excluding steroid dienone is 3. The summed E-state index contributed by atoms with van der Waals surface area (Å²) < 4.78 is 7.36. The number of carboxylic acid groups (broad SMARTS) is 1. The predicted octanol–water partition coefficient (Wildman–Crippen LogP) is 2.93. The van der Waals surface area contributed by atoms with Gasteiger partial charge in [0.05, 0.1) is 18.3 Å². The van der Waals surface area contributed by atoms with Crippen molar-refractivity contribution in [2.75, 3.05) is 5.73 Å². The maximum Gasteiger partial charge on any atom is 0.307 e. The Kier molecular flexibility index (Phi) is 6.68. The monoisotopic (exact) mass is 452 g/mol. The van der Waals surface area contributed by atoms with Gasteiger partial charge in [-0.2, -0.15) is 14.6 Å². The van der Waals surface area contributed by atoms with Crippen LogP contribution in [0.25, 0.3) is 28.0 Å². The zero-order chi connectivity index (χ0) is 24.1. The molecule has 168 valence electrons. The maximum atomic E-state index is 10.7. The predicted molar refractivity (Wildman–Crippen MR) is 130 cm³/mol. The van der Waals surface area contributed by atoms with E-state index in [9.17, 15) is 4.79 Å². The lowest BCUT2D eigenvalue weighted by Crippen LogP contribution is -2.20. The fourth-order valence-electron chi connectivity index (χ4n) is 3.22. The third kappa shape index (κ3) is 4.80. The van der Waals surface area contributed by atoms with Crippen molar-refractivity contribution in [2.24, 2.45) is 0 Å². The molecule has 4 aromatic heterocycles. The number of nitrogen functional groups attached to an aromatic ring is 1. The van der Waals surface area contributed by atoms with E-state index in [1.807, 2.05) is 31.2 Å². The molecule has 0 saturated carbocycles. The molecule has 2 radical (unpaired) electrons. The Bertz CT molecular complexity index is 1380. The SMILES string of the molecule is [B]c1c(O/C(=C/C=C/CC(=O)O)CC)nc2c(-c3ccc(-c4cccnc4)nc3)cnn2c1N. The van der Waals surface area contributed by atoms with Gasteiger partial charge in [0.2, 0.25) is 5.88 Å². The molecule has 0 spiro atoms. The zero-order valence-electron chi connectivity index (χ0n) is 18.4. The molecule has 0 atom stereocenters. The summed E-state index contributed by atoms with van der Waals surface area (Å²) in [6.45, 7) is 1.90. The Morgan fingerprint density at radius 2 is 2.09 bits per heavy atom. The number of nitrogens with zero attached hydrogens (tertiary/aromatic N) is 5. The number of carbonyl (C=O) groups is 1. The molecule has 9 nitrogen and oxygen atoms in total. The highest BCUT2D eigenvalue weighted by Crippen LogP contribution is 2.27. The van der Waals surface area contributed by atoms with Crippen molar-refractivity contribution >= 4 is 30.7 Å². The molecule has 4 rings (SSSR count). The van der Waals surface area contributed by atoms with Crippen molar-refractivity contribution < 1.29 is 14.6 Å². The van der Waals surface area contributed by atoms with Gasteiger partial charge in [0, 0.05) is 47.2 Å². The first kappa shape index (κ1) is 22.7. The quantitative estimate of drug-likeness (QED) is 0.237. The Hall–Kier alpha value is -4.47. The molecule has 0 amide bonds. The second-order valence-electron chi connectivity index (χ2n) is 7.30. The number of nitrogens with two attached hydrogens (primary N) is 1. The number of fused-ring (bicyclic) bond motifs is 1. The second kappa shape index (κ2) is 9.99. The van der Waals surface area contributed by atoms with E-state index in [1.54, 1.807) is 36.9 Å². The summed E-state index contributed by atoms with van der Waals surface area (Å²) in [5, 5.41) is 13.1. The van der Waals surface area contributed by atoms with Gasteiger partial charge in [0.1, 0.15) is 19.4 Å². The van der Waals surface area contributed by atoms with E-state index in [-0.39, 0.29) is 23.6 Å². The number of aromatic nitrogens is 5. The fraction of sp³-hybridized carbons (Fsp3) is 0.125. The Morgan fingerprint density at radius 3 is 2.76 bits per heavy atom. The van der Waals surface area contributed by atoms with Gasteiger partial charge in [-0.25, -0.2) is 0 Å². The van der Waals surface area contributed by atoms with E-state index < -0.39 is 5.97 Å². The standard InChI is InChI=1S/C24H21BN6O3/c1-2-17(7-3-4-8-20(32)33)34-24-21(25)22(26)31-23(30-24)18(14-29-31)15-9-10-19(28-13-15)16-6-5-11-27-12-16/h3-7,9-14H,2,8,26H2,1H3,(H,32,33)/b4-3+,17-7+. The molecule has 0 aliphatic heterocycles. The molecule has 3 N–H and O–H groups in total. The fourth-order valence-corrected chi connectivity index (χ4v) is 3.22. The molecule has 4 heterocycles. The molecule has 0 aliphatic carbocycles. The highest BCUT2D eigenvalue weighted by molar-refractivity contribution is 6.37. The Balaban J connectivity index is 1.67. The number of pyridine rings is 2. The minimum atomic E-state index is -0.913. The lowest BCUT2D eigenvalue weighted by molar-refractivity contribution is -0.136. The molecule has 34 heavy (non-hydrogen) atoms. The lowest BCUT2D eigenvalue weighted by Gasteiger charge is -2.13. The average molecular weight is 452 g/mol. The van der Waals surface area contributed by atoms with Crippen LogP contribution in [0.4, 0.5) is 5.82 Å². The van der Waals surface area contributed by atoms with E-state index in [0.717, 1.165) is 16.8 Å². The van der Waals surface area contributed by atoms with Gasteiger partial charge in [-0.05, 0) is 24.3 Å². The number of hydrogen-bond acceptors (Lipinski definition) is 7. The average Bonchev–Trinajstić information content (AvgIpc) is 3.28. The molecule has 0 aromatic carbocycles. The normalized spacial score (nSPS) is 11.9. The van der Waals surface area contributed by atoms with E-state index in [4.69, 9.17) is 23.4 Å². The molecule has 4 aromatic rings. The number of ether oxygens (including phenoxy) is 1. The van der Waals surface area contributed by atoms with Crippen LogP contribution in [0.1, 0.15) is 19.8 Å². The molecule has 10 heteroatoms. The molecule has 0 unspecified atom stereocenters. The van der Waals surface area contributed by atoms with Crippen molar-refractivity contribution in [1.29, 1.82) is 0 Å². The number of rotatable bonds is 8. The summed E-state index contributed by atoms with van der Waals surface area (Å²) in [5.74, 6) is -0.0217. The van der Waals surface area contributed by atoms with Crippen LogP contribution in [0.5, 0.6) is 5.88 Å². The topological polar surface area (TPSA) is 129 Å². The zero-order valence-corrected chi connectivity index (χ0v) is 18.4. The van der Waals surface area contributed by atoms with Crippen molar-refractivity contribution in [3.05, 3.63) is 73.0 Å². The Labute approximate surface area is 197 Å². The first-order valence-electron chi connectivity index (χ1n) is 10.5. The largest absolute Gasteiger partial charge is 0.481 e. The summed E-state index contributed by atoms with van der Waals surface area (Å²) in [5.41, 5.74) is 10.1. The van der Waals surface area contributed by atoms with E-state index >= 15 is 0 Å². The number of carboxylic acids is 1. The summed E-state index contributed by atoms with van der Waals surface area (Å²) >= 11 is 0. The van der Waals surface area contributed by atoms with Crippen molar-refractivity contribution in [1.82, 2.24) is 24.6 Å². The highest BCUT2D eigenvalue weighted by atomic mass is 16.5. The number of anilines is 1. The van der Waals surface area contributed by atoms with Crippen molar-refractivity contribution in [2.45, 2.75) is 19.8 Å². The van der Waals surface area contributed by atoms with Gasteiger partial charge < -0.3 is 15.6 Å². The molecule has 0 fully saturated rings. The lowest BCUT2D eigenvalue weighted by atomic mass is 9.98. The second-order valence-corrected chi connectivity index (χ2v) is 7.30. The maximum absolute atomic E-state index is 10.7. The summed E-state index contributed by atoms with van der Waals surface area (Å²) in [6.07, 6.45) is 12.1. The van der Waals surface area contributed by atoms with Gasteiger partial charge >= 0.3 is 5.97 Å². The van der Waals surface area contributed by atoms with Crippen LogP contribution in [0.2, 0.25) is 0 Å². The van der Waals surface area contributed by atoms with Gasteiger partial charge in [0.25, 0.3) is 0 Å². The van der Waals surface area contributed by atoms with Gasteiger partial charge in [-0.15, -0.1) is 0 Å². The van der Waals surface area contributed by atoms with Crippen LogP contribution in [0.3, 0.4) is 0 Å². The van der Waals surface area contributed by atoms with Crippen LogP contribution in [-0.2, 0) is 4.79 Å². The summed E-state index contributed by atoms with van der Waals surface area (Å²) in [4.78, 5) is 23.9. The van der Waals surface area contributed by atoms with Crippen LogP contribution in [0.15, 0.2) is 73.0 Å².